The van der Waals surface area contributed by atoms with Crippen LogP contribution in [0, 0.1) is 11.8 Å². The smallest absolute Gasteiger partial charge is 0.253 e. The number of rotatable bonds is 4. The molecule has 0 bridgehead atoms. The molecule has 2 fully saturated rings. The van der Waals surface area contributed by atoms with E-state index in [4.69, 9.17) is 0 Å². The van der Waals surface area contributed by atoms with Gasteiger partial charge in [-0.1, -0.05) is 48.5 Å². The number of carbonyl (C=O) groups is 2. The van der Waals surface area contributed by atoms with Crippen molar-refractivity contribution < 1.29 is 9.59 Å². The number of hydrogen-bond acceptors (Lipinski definition) is 2. The van der Waals surface area contributed by atoms with Crippen molar-refractivity contribution >= 4 is 11.8 Å². The maximum Gasteiger partial charge on any atom is 0.253 e. The van der Waals surface area contributed by atoms with Crippen LogP contribution in [0.4, 0.5) is 0 Å². The fourth-order valence-corrected chi connectivity index (χ4v) is 4.69. The second kappa shape index (κ2) is 9.25. The molecule has 0 unspecified atom stereocenters. The van der Waals surface area contributed by atoms with Gasteiger partial charge < -0.3 is 9.80 Å². The molecule has 4 rings (SSSR count). The van der Waals surface area contributed by atoms with Gasteiger partial charge in [0.25, 0.3) is 5.91 Å². The van der Waals surface area contributed by atoms with Gasteiger partial charge in [-0.2, -0.15) is 0 Å². The largest absolute Gasteiger partial charge is 0.342 e. The summed E-state index contributed by atoms with van der Waals surface area (Å²) in [7, 11) is 0. The first-order chi connectivity index (χ1) is 14.2. The number of piperidine rings is 2. The summed E-state index contributed by atoms with van der Waals surface area (Å²) in [5.74, 6) is 0.893. The molecule has 152 valence electrons. The van der Waals surface area contributed by atoms with Crippen LogP contribution in [-0.4, -0.2) is 47.8 Å². The quantitative estimate of drug-likeness (QED) is 0.791. The van der Waals surface area contributed by atoms with Crippen molar-refractivity contribution in [3.8, 4) is 0 Å². The van der Waals surface area contributed by atoms with Gasteiger partial charge in [-0.15, -0.1) is 0 Å². The normalized spacial score (nSPS) is 20.5. The first-order valence-electron chi connectivity index (χ1n) is 10.9. The number of likely N-dealkylation sites (tertiary alicyclic amines) is 2. The summed E-state index contributed by atoms with van der Waals surface area (Å²) < 4.78 is 0. The van der Waals surface area contributed by atoms with Gasteiger partial charge in [0.15, 0.2) is 0 Å². The Hall–Kier alpha value is -2.62. The average Bonchev–Trinajstić information content (AvgIpc) is 2.80. The standard InChI is InChI=1S/C25H30N2O2/c28-24(22-10-5-2-6-11-22)27-15-7-12-23(19-27)25(29)26-16-13-21(14-17-26)18-20-8-3-1-4-9-20/h1-6,8-11,21,23H,7,12-19H2/t23-/m0/s1. The van der Waals surface area contributed by atoms with Crippen molar-refractivity contribution in [1.82, 2.24) is 9.80 Å². The monoisotopic (exact) mass is 390 g/mol. The first kappa shape index (κ1) is 19.7. The van der Waals surface area contributed by atoms with Crippen molar-refractivity contribution in [3.05, 3.63) is 71.8 Å². The van der Waals surface area contributed by atoms with E-state index in [2.05, 4.69) is 30.3 Å². The van der Waals surface area contributed by atoms with Crippen LogP contribution in [0.25, 0.3) is 0 Å². The van der Waals surface area contributed by atoms with Crippen LogP contribution in [0.1, 0.15) is 41.6 Å². The highest BCUT2D eigenvalue weighted by Crippen LogP contribution is 2.26. The summed E-state index contributed by atoms with van der Waals surface area (Å²) in [4.78, 5) is 29.8. The lowest BCUT2D eigenvalue weighted by atomic mass is 9.89. The molecular formula is C25H30N2O2. The van der Waals surface area contributed by atoms with E-state index in [1.54, 1.807) is 0 Å². The fraction of sp³-hybridized carbons (Fsp3) is 0.440. The summed E-state index contributed by atoms with van der Waals surface area (Å²) in [6.45, 7) is 2.99. The van der Waals surface area contributed by atoms with Crippen molar-refractivity contribution in [2.45, 2.75) is 32.1 Å². The molecule has 29 heavy (non-hydrogen) atoms. The molecule has 0 N–H and O–H groups in total. The minimum atomic E-state index is -0.0536. The van der Waals surface area contributed by atoms with Gasteiger partial charge in [-0.25, -0.2) is 0 Å². The molecule has 2 saturated heterocycles. The SMILES string of the molecule is O=C(c1ccccc1)N1CCC[C@H](C(=O)N2CCC(Cc3ccccc3)CC2)C1. The molecule has 4 nitrogen and oxygen atoms in total. The van der Waals surface area contributed by atoms with Crippen LogP contribution in [0.5, 0.6) is 0 Å². The summed E-state index contributed by atoms with van der Waals surface area (Å²) >= 11 is 0. The molecular weight excluding hydrogens is 360 g/mol. The van der Waals surface area contributed by atoms with Crippen molar-refractivity contribution in [2.24, 2.45) is 11.8 Å². The second-order valence-electron chi connectivity index (χ2n) is 8.41. The molecule has 0 aliphatic carbocycles. The summed E-state index contributed by atoms with van der Waals surface area (Å²) in [6, 6.07) is 20.0. The molecule has 4 heteroatoms. The third-order valence-electron chi connectivity index (χ3n) is 6.37. The lowest BCUT2D eigenvalue weighted by Gasteiger charge is -2.38. The second-order valence-corrected chi connectivity index (χ2v) is 8.41. The Labute approximate surface area is 173 Å². The van der Waals surface area contributed by atoms with Gasteiger partial charge in [0.05, 0.1) is 5.92 Å². The van der Waals surface area contributed by atoms with E-state index in [1.165, 1.54) is 5.56 Å². The van der Waals surface area contributed by atoms with E-state index in [0.717, 1.165) is 51.7 Å². The summed E-state index contributed by atoms with van der Waals surface area (Å²) in [5, 5.41) is 0. The van der Waals surface area contributed by atoms with E-state index in [1.807, 2.05) is 40.1 Å². The van der Waals surface area contributed by atoms with Crippen molar-refractivity contribution in [3.63, 3.8) is 0 Å². The van der Waals surface area contributed by atoms with E-state index >= 15 is 0 Å². The molecule has 2 heterocycles. The molecule has 0 radical (unpaired) electrons. The first-order valence-corrected chi connectivity index (χ1v) is 10.9. The number of amides is 2. The summed E-state index contributed by atoms with van der Waals surface area (Å²) in [6.07, 6.45) is 5.03. The predicted octanol–water partition coefficient (Wildman–Crippen LogP) is 4.02. The molecule has 0 spiro atoms. The molecule has 1 atom stereocenters. The lowest BCUT2D eigenvalue weighted by molar-refractivity contribution is -0.138. The van der Waals surface area contributed by atoms with Crippen LogP contribution < -0.4 is 0 Å². The topological polar surface area (TPSA) is 40.6 Å². The number of nitrogens with zero attached hydrogens (tertiary/aromatic N) is 2. The lowest BCUT2D eigenvalue weighted by Crippen LogP contribution is -2.48. The van der Waals surface area contributed by atoms with Gasteiger partial charge in [0.2, 0.25) is 5.91 Å². The zero-order valence-corrected chi connectivity index (χ0v) is 17.0. The van der Waals surface area contributed by atoms with E-state index in [9.17, 15) is 9.59 Å². The van der Waals surface area contributed by atoms with Crippen LogP contribution in [0.2, 0.25) is 0 Å². The third kappa shape index (κ3) is 4.87. The highest BCUT2D eigenvalue weighted by molar-refractivity contribution is 5.94. The molecule has 2 aromatic rings. The minimum absolute atomic E-state index is 0.0460. The van der Waals surface area contributed by atoms with Crippen LogP contribution in [-0.2, 0) is 11.2 Å². The van der Waals surface area contributed by atoms with Gasteiger partial charge in [0, 0.05) is 31.7 Å². The third-order valence-corrected chi connectivity index (χ3v) is 6.37. The predicted molar refractivity (Wildman–Crippen MR) is 115 cm³/mol. The van der Waals surface area contributed by atoms with E-state index in [0.29, 0.717) is 18.0 Å². The number of carbonyl (C=O) groups excluding carboxylic acids is 2. The minimum Gasteiger partial charge on any atom is -0.342 e. The average molecular weight is 391 g/mol. The van der Waals surface area contributed by atoms with E-state index < -0.39 is 0 Å². The molecule has 0 aromatic heterocycles. The maximum atomic E-state index is 13.1. The summed E-state index contributed by atoms with van der Waals surface area (Å²) in [5.41, 5.74) is 2.10. The Kier molecular flexibility index (Phi) is 6.28. The number of hydrogen-bond donors (Lipinski definition) is 0. The molecule has 2 aliphatic rings. The van der Waals surface area contributed by atoms with Crippen LogP contribution in [0.15, 0.2) is 60.7 Å². The van der Waals surface area contributed by atoms with E-state index in [-0.39, 0.29) is 17.7 Å². The fourth-order valence-electron chi connectivity index (χ4n) is 4.69. The van der Waals surface area contributed by atoms with Crippen LogP contribution >= 0.6 is 0 Å². The van der Waals surface area contributed by atoms with Gasteiger partial charge >= 0.3 is 0 Å². The van der Waals surface area contributed by atoms with Gasteiger partial charge in [-0.3, -0.25) is 9.59 Å². The van der Waals surface area contributed by atoms with Gasteiger partial charge in [-0.05, 0) is 55.7 Å². The molecule has 2 aliphatic heterocycles. The Morgan fingerprint density at radius 1 is 0.793 bits per heavy atom. The maximum absolute atomic E-state index is 13.1. The van der Waals surface area contributed by atoms with Crippen molar-refractivity contribution in [1.29, 1.82) is 0 Å². The highest BCUT2D eigenvalue weighted by atomic mass is 16.2. The Balaban J connectivity index is 1.30. The van der Waals surface area contributed by atoms with Crippen molar-refractivity contribution in [2.75, 3.05) is 26.2 Å². The molecule has 0 saturated carbocycles. The molecule has 2 amide bonds. The Morgan fingerprint density at radius 2 is 1.45 bits per heavy atom. The Morgan fingerprint density at radius 3 is 2.14 bits per heavy atom. The molecule has 2 aromatic carbocycles. The Bertz CT molecular complexity index is 813. The highest BCUT2D eigenvalue weighted by Gasteiger charge is 2.33. The van der Waals surface area contributed by atoms with Gasteiger partial charge in [0.1, 0.15) is 0 Å². The van der Waals surface area contributed by atoms with Crippen LogP contribution in [0.3, 0.4) is 0 Å². The number of benzene rings is 2. The zero-order chi connectivity index (χ0) is 20.1. The zero-order valence-electron chi connectivity index (χ0n) is 17.0.